The highest BCUT2D eigenvalue weighted by Gasteiger charge is 2.49. The summed E-state index contributed by atoms with van der Waals surface area (Å²) in [5.41, 5.74) is 1.51. The van der Waals surface area contributed by atoms with Crippen LogP contribution in [-0.4, -0.2) is 51.7 Å². The van der Waals surface area contributed by atoms with Crippen molar-refractivity contribution in [3.05, 3.63) is 35.4 Å². The van der Waals surface area contributed by atoms with Gasteiger partial charge in [0.25, 0.3) is 6.29 Å². The van der Waals surface area contributed by atoms with Crippen molar-refractivity contribution in [1.82, 2.24) is 4.90 Å². The molecule has 8 nitrogen and oxygen atoms in total. The summed E-state index contributed by atoms with van der Waals surface area (Å²) in [5, 5.41) is 10.7. The number of hydrogen-bond donors (Lipinski definition) is 0. The van der Waals surface area contributed by atoms with Crippen molar-refractivity contribution >= 4 is 0 Å². The Morgan fingerprint density at radius 3 is 1.93 bits per heavy atom. The third-order valence-electron chi connectivity index (χ3n) is 9.96. The fraction of sp³-hybridized carbons (Fsp3) is 0.658. The molecular weight excluding hydrogens is 580 g/mol. The molecule has 0 N–H and O–H groups in total. The highest BCUT2D eigenvalue weighted by molar-refractivity contribution is 5.68. The van der Waals surface area contributed by atoms with Crippen LogP contribution < -0.4 is 28.4 Å². The van der Waals surface area contributed by atoms with Crippen LogP contribution >= 0.6 is 0 Å². The number of para-hydroxylation sites is 2. The molecule has 0 aliphatic carbocycles. The minimum absolute atomic E-state index is 0.105. The Labute approximate surface area is 277 Å². The van der Waals surface area contributed by atoms with Gasteiger partial charge in [0.15, 0.2) is 23.0 Å². The largest absolute Gasteiger partial charge is 0.490 e. The monoisotopic (exact) mass is 636 g/mol. The number of rotatable bonds is 19. The summed E-state index contributed by atoms with van der Waals surface area (Å²) in [4.78, 5) is 2.41. The molecule has 0 radical (unpaired) electrons. The van der Waals surface area contributed by atoms with Gasteiger partial charge in [-0.15, -0.1) is 0 Å². The number of nitriles is 1. The molecule has 0 bridgehead atoms. The maximum absolute atomic E-state index is 10.7. The zero-order valence-electron chi connectivity index (χ0n) is 29.3. The van der Waals surface area contributed by atoms with E-state index in [1.807, 2.05) is 24.3 Å². The van der Waals surface area contributed by atoms with Crippen molar-refractivity contribution in [2.45, 2.75) is 117 Å². The molecule has 0 spiro atoms. The number of likely N-dealkylation sites (N-methyl/N-ethyl adjacent to an activating group) is 1. The molecule has 2 aliphatic rings. The third-order valence-corrected chi connectivity index (χ3v) is 9.96. The maximum Gasteiger partial charge on any atom is 0.260 e. The first-order chi connectivity index (χ1) is 22.4. The lowest BCUT2D eigenvalue weighted by molar-refractivity contribution is -0.0698. The van der Waals surface area contributed by atoms with Crippen LogP contribution in [0.25, 0.3) is 0 Å². The standard InChI is InChI=1S/C38H56N2O6/c1-8-11-15-22-43-33-29-24-28(40(5)25-30(29)34(44-23-16-12-9-2)36(42-7)35(33)41-6)18-17-21-38(26-39,27(4)10-3)37-45-31-19-13-14-20-32(31)46-37/h13-14,19-20,27-28,37H,8-12,15-18,21-25H2,1-7H3. The zero-order chi connectivity index (χ0) is 33.1. The van der Waals surface area contributed by atoms with E-state index in [9.17, 15) is 5.26 Å². The van der Waals surface area contributed by atoms with Gasteiger partial charge in [-0.1, -0.05) is 71.9 Å². The van der Waals surface area contributed by atoms with E-state index in [1.165, 1.54) is 0 Å². The second kappa shape index (κ2) is 17.0. The molecule has 2 heterocycles. The first kappa shape index (κ1) is 35.5. The highest BCUT2D eigenvalue weighted by Crippen LogP contribution is 2.53. The van der Waals surface area contributed by atoms with E-state index in [-0.39, 0.29) is 12.0 Å². The lowest BCUT2D eigenvalue weighted by atomic mass is 9.71. The van der Waals surface area contributed by atoms with E-state index in [0.29, 0.717) is 49.2 Å². The maximum atomic E-state index is 10.7. The average molecular weight is 637 g/mol. The normalized spacial score (nSPS) is 17.9. The number of benzene rings is 2. The summed E-state index contributed by atoms with van der Waals surface area (Å²) >= 11 is 0. The van der Waals surface area contributed by atoms with E-state index < -0.39 is 11.7 Å². The van der Waals surface area contributed by atoms with Crippen molar-refractivity contribution in [2.75, 3.05) is 34.5 Å². The fourth-order valence-corrected chi connectivity index (χ4v) is 6.88. The van der Waals surface area contributed by atoms with Gasteiger partial charge in [0, 0.05) is 23.7 Å². The van der Waals surface area contributed by atoms with Gasteiger partial charge >= 0.3 is 0 Å². The average Bonchev–Trinajstić information content (AvgIpc) is 3.52. The van der Waals surface area contributed by atoms with Gasteiger partial charge in [-0.2, -0.15) is 5.26 Å². The Bertz CT molecular complexity index is 1280. The molecular formula is C38H56N2O6. The molecule has 2 aromatic carbocycles. The summed E-state index contributed by atoms with van der Waals surface area (Å²) < 4.78 is 37.4. The van der Waals surface area contributed by atoms with Crippen LogP contribution in [0.3, 0.4) is 0 Å². The van der Waals surface area contributed by atoms with Gasteiger partial charge in [-0.25, -0.2) is 0 Å². The molecule has 8 heteroatoms. The van der Waals surface area contributed by atoms with Crippen LogP contribution in [0.15, 0.2) is 24.3 Å². The Hall–Kier alpha value is -3.31. The summed E-state index contributed by atoms with van der Waals surface area (Å²) in [5.74, 6) is 4.30. The molecule has 0 saturated carbocycles. The quantitative estimate of drug-likeness (QED) is 0.142. The van der Waals surface area contributed by atoms with Crippen LogP contribution in [0.1, 0.15) is 103 Å². The number of nitrogens with zero attached hydrogens (tertiary/aromatic N) is 2. The predicted molar refractivity (Wildman–Crippen MR) is 181 cm³/mol. The molecule has 2 aromatic rings. The van der Waals surface area contributed by atoms with Crippen LogP contribution in [0.4, 0.5) is 0 Å². The molecule has 0 fully saturated rings. The molecule has 0 aromatic heterocycles. The number of ether oxygens (including phenoxy) is 6. The minimum atomic E-state index is -0.761. The molecule has 0 amide bonds. The van der Waals surface area contributed by atoms with Crippen molar-refractivity contribution in [3.63, 3.8) is 0 Å². The van der Waals surface area contributed by atoms with Crippen LogP contribution in [-0.2, 0) is 13.0 Å². The van der Waals surface area contributed by atoms with E-state index in [0.717, 1.165) is 86.8 Å². The lowest BCUT2D eigenvalue weighted by Crippen LogP contribution is -2.45. The van der Waals surface area contributed by atoms with Crippen molar-refractivity contribution in [2.24, 2.45) is 11.3 Å². The SMILES string of the molecule is CCCCCOc1c2c(c(OCCCCC)c(OC)c1OC)CN(C)C(CCCC(C#N)(C(C)CC)C1Oc3ccccc3O1)C2. The zero-order valence-corrected chi connectivity index (χ0v) is 29.3. The van der Waals surface area contributed by atoms with Crippen LogP contribution in [0, 0.1) is 22.7 Å². The number of unbranched alkanes of at least 4 members (excludes halogenated alkanes) is 4. The summed E-state index contributed by atoms with van der Waals surface area (Å²) in [7, 11) is 5.53. The predicted octanol–water partition coefficient (Wildman–Crippen LogP) is 8.72. The second-order valence-corrected chi connectivity index (χ2v) is 12.9. The van der Waals surface area contributed by atoms with Gasteiger partial charge in [0.05, 0.1) is 33.5 Å². The van der Waals surface area contributed by atoms with E-state index in [4.69, 9.17) is 28.4 Å². The van der Waals surface area contributed by atoms with E-state index >= 15 is 0 Å². The Morgan fingerprint density at radius 1 is 0.870 bits per heavy atom. The van der Waals surface area contributed by atoms with Crippen molar-refractivity contribution in [3.8, 4) is 40.6 Å². The van der Waals surface area contributed by atoms with Gasteiger partial charge < -0.3 is 28.4 Å². The summed E-state index contributed by atoms with van der Waals surface area (Å²) in [6, 6.07) is 10.6. The van der Waals surface area contributed by atoms with Gasteiger partial charge in [0.1, 0.15) is 5.41 Å². The first-order valence-electron chi connectivity index (χ1n) is 17.5. The van der Waals surface area contributed by atoms with Crippen LogP contribution in [0.2, 0.25) is 0 Å². The molecule has 254 valence electrons. The van der Waals surface area contributed by atoms with E-state index in [1.54, 1.807) is 14.2 Å². The summed E-state index contributed by atoms with van der Waals surface area (Å²) in [6.07, 6.45) is 9.97. The molecule has 3 unspecified atom stereocenters. The van der Waals surface area contributed by atoms with Crippen LogP contribution in [0.5, 0.6) is 34.5 Å². The lowest BCUT2D eigenvalue weighted by Gasteiger charge is -2.38. The molecule has 2 aliphatic heterocycles. The minimum Gasteiger partial charge on any atom is -0.490 e. The Kier molecular flexibility index (Phi) is 13.1. The van der Waals surface area contributed by atoms with Gasteiger partial charge in [-0.05, 0) is 63.6 Å². The smallest absolute Gasteiger partial charge is 0.260 e. The molecule has 4 rings (SSSR count). The van der Waals surface area contributed by atoms with Gasteiger partial charge in [0.2, 0.25) is 11.5 Å². The Morgan fingerprint density at radius 2 is 1.43 bits per heavy atom. The summed E-state index contributed by atoms with van der Waals surface area (Å²) in [6.45, 7) is 10.6. The fourth-order valence-electron chi connectivity index (χ4n) is 6.88. The topological polar surface area (TPSA) is 82.4 Å². The molecule has 0 saturated heterocycles. The van der Waals surface area contributed by atoms with Gasteiger partial charge in [-0.3, -0.25) is 4.90 Å². The van der Waals surface area contributed by atoms with Crippen molar-refractivity contribution < 1.29 is 28.4 Å². The highest BCUT2D eigenvalue weighted by atomic mass is 16.7. The third kappa shape index (κ3) is 7.62. The van der Waals surface area contributed by atoms with E-state index in [2.05, 4.69) is 45.7 Å². The number of methoxy groups -OCH3 is 2. The number of fused-ring (bicyclic) bond motifs is 2. The molecule has 3 atom stereocenters. The van der Waals surface area contributed by atoms with Crippen molar-refractivity contribution in [1.29, 1.82) is 5.26 Å². The number of hydrogen-bond acceptors (Lipinski definition) is 8. The Balaban J connectivity index is 1.59. The molecule has 46 heavy (non-hydrogen) atoms. The second-order valence-electron chi connectivity index (χ2n) is 12.9. The first-order valence-corrected chi connectivity index (χ1v) is 17.5.